The molecule has 2 rings (SSSR count). The highest BCUT2D eigenvalue weighted by atomic mass is 35.5. The number of hydrogen-bond acceptors (Lipinski definition) is 4. The van der Waals surface area contributed by atoms with Gasteiger partial charge in [-0.15, -0.1) is 0 Å². The van der Waals surface area contributed by atoms with Crippen LogP contribution < -0.4 is 10.1 Å². The Hall–Kier alpha value is -2.14. The molecule has 0 aliphatic rings. The van der Waals surface area contributed by atoms with E-state index in [0.717, 1.165) is 0 Å². The van der Waals surface area contributed by atoms with Gasteiger partial charge in [0.25, 0.3) is 5.91 Å². The molecule has 6 heteroatoms. The molecule has 0 atom stereocenters. The first-order valence-electron chi connectivity index (χ1n) is 6.14. The van der Waals surface area contributed by atoms with E-state index < -0.39 is 0 Å². The van der Waals surface area contributed by atoms with Gasteiger partial charge in [-0.25, -0.2) is 9.97 Å². The summed E-state index contributed by atoms with van der Waals surface area (Å²) in [6, 6.07) is 8.61. The van der Waals surface area contributed by atoms with Gasteiger partial charge in [0.1, 0.15) is 10.9 Å². The van der Waals surface area contributed by atoms with Crippen LogP contribution >= 0.6 is 11.6 Å². The topological polar surface area (TPSA) is 64.1 Å². The van der Waals surface area contributed by atoms with Gasteiger partial charge in [-0.05, 0) is 32.0 Å². The molecule has 1 aromatic heterocycles. The second kappa shape index (κ2) is 6.34. The molecule has 1 amide bonds. The third-order valence-electron chi connectivity index (χ3n) is 2.48. The van der Waals surface area contributed by atoms with Gasteiger partial charge in [0.15, 0.2) is 0 Å². The minimum absolute atomic E-state index is 0.173. The molecule has 0 spiro atoms. The smallest absolute Gasteiger partial charge is 0.261 e. The Labute approximate surface area is 122 Å². The number of benzene rings is 1. The summed E-state index contributed by atoms with van der Waals surface area (Å²) >= 11 is 5.83. The van der Waals surface area contributed by atoms with Crippen molar-refractivity contribution in [1.29, 1.82) is 0 Å². The lowest BCUT2D eigenvalue weighted by Crippen LogP contribution is -2.16. The first-order chi connectivity index (χ1) is 9.60. The number of ether oxygens (including phenoxy) is 1. The largest absolute Gasteiger partial charge is 0.493 e. The zero-order valence-corrected chi connectivity index (χ0v) is 11.9. The molecule has 1 aromatic carbocycles. The summed E-state index contributed by atoms with van der Waals surface area (Å²) in [6.07, 6.45) is 0. The summed E-state index contributed by atoms with van der Waals surface area (Å²) in [5.74, 6) is 0.355. The average Bonchev–Trinajstić information content (AvgIpc) is 2.38. The average molecular weight is 292 g/mol. The van der Waals surface area contributed by atoms with Crippen LogP contribution in [0.2, 0.25) is 5.15 Å². The first-order valence-corrected chi connectivity index (χ1v) is 6.52. The van der Waals surface area contributed by atoms with Gasteiger partial charge in [-0.2, -0.15) is 0 Å². The number of amides is 1. The molecule has 5 nitrogen and oxygen atoms in total. The van der Waals surface area contributed by atoms with Gasteiger partial charge in [0.2, 0.25) is 5.95 Å². The van der Waals surface area contributed by atoms with Gasteiger partial charge in [0, 0.05) is 5.69 Å². The van der Waals surface area contributed by atoms with Crippen molar-refractivity contribution in [2.24, 2.45) is 0 Å². The van der Waals surface area contributed by atoms with Gasteiger partial charge >= 0.3 is 0 Å². The molecule has 0 saturated heterocycles. The van der Waals surface area contributed by atoms with E-state index in [-0.39, 0.29) is 17.0 Å². The third-order valence-corrected chi connectivity index (χ3v) is 2.67. The van der Waals surface area contributed by atoms with Crippen molar-refractivity contribution in [3.8, 4) is 5.75 Å². The van der Waals surface area contributed by atoms with E-state index in [2.05, 4.69) is 15.3 Å². The standard InChI is InChI=1S/C14H14ClN3O2/c1-3-20-11-7-5-4-6-10(11)13(19)18-14-16-9(2)8-12(15)17-14/h4-8H,3H2,1-2H3,(H,16,17,18,19). The van der Waals surface area contributed by atoms with E-state index in [9.17, 15) is 4.79 Å². The second-order valence-corrected chi connectivity index (χ2v) is 4.43. The summed E-state index contributed by atoms with van der Waals surface area (Å²) in [7, 11) is 0. The molecule has 0 fully saturated rings. The van der Waals surface area contributed by atoms with Crippen LogP contribution in [0.1, 0.15) is 23.0 Å². The molecule has 0 unspecified atom stereocenters. The van der Waals surface area contributed by atoms with E-state index >= 15 is 0 Å². The van der Waals surface area contributed by atoms with Crippen LogP contribution in [0.3, 0.4) is 0 Å². The summed E-state index contributed by atoms with van der Waals surface area (Å²) in [4.78, 5) is 20.3. The van der Waals surface area contributed by atoms with Crippen molar-refractivity contribution < 1.29 is 9.53 Å². The minimum atomic E-state index is -0.337. The highest BCUT2D eigenvalue weighted by Crippen LogP contribution is 2.19. The number of para-hydroxylation sites is 1. The summed E-state index contributed by atoms with van der Waals surface area (Å²) in [5.41, 5.74) is 1.11. The lowest BCUT2D eigenvalue weighted by Gasteiger charge is -2.09. The molecule has 104 valence electrons. The van der Waals surface area contributed by atoms with Crippen molar-refractivity contribution in [3.05, 3.63) is 46.7 Å². The second-order valence-electron chi connectivity index (χ2n) is 4.04. The first kappa shape index (κ1) is 14.3. The van der Waals surface area contributed by atoms with Crippen molar-refractivity contribution in [3.63, 3.8) is 0 Å². The number of aromatic nitrogens is 2. The van der Waals surface area contributed by atoms with Crippen molar-refractivity contribution >= 4 is 23.5 Å². The normalized spacial score (nSPS) is 10.2. The monoisotopic (exact) mass is 291 g/mol. The van der Waals surface area contributed by atoms with Crippen LogP contribution in [0.15, 0.2) is 30.3 Å². The highest BCUT2D eigenvalue weighted by molar-refractivity contribution is 6.29. The van der Waals surface area contributed by atoms with Crippen LogP contribution in [0, 0.1) is 6.92 Å². The Kier molecular flexibility index (Phi) is 4.53. The molecule has 0 aliphatic carbocycles. The number of aryl methyl sites for hydroxylation is 1. The van der Waals surface area contributed by atoms with Crippen molar-refractivity contribution in [2.75, 3.05) is 11.9 Å². The maximum absolute atomic E-state index is 12.2. The van der Waals surface area contributed by atoms with Gasteiger partial charge in [-0.1, -0.05) is 23.7 Å². The van der Waals surface area contributed by atoms with Crippen LogP contribution in [-0.4, -0.2) is 22.5 Å². The molecular formula is C14H14ClN3O2. The highest BCUT2D eigenvalue weighted by Gasteiger charge is 2.13. The van der Waals surface area contributed by atoms with Crippen LogP contribution in [0.5, 0.6) is 5.75 Å². The molecular weight excluding hydrogens is 278 g/mol. The number of carbonyl (C=O) groups is 1. The molecule has 2 aromatic rings. The molecule has 0 aliphatic heterocycles. The number of carbonyl (C=O) groups excluding carboxylic acids is 1. The Bertz CT molecular complexity index is 611. The number of halogens is 1. The lowest BCUT2D eigenvalue weighted by atomic mass is 10.2. The number of anilines is 1. The van der Waals surface area contributed by atoms with E-state index in [0.29, 0.717) is 23.6 Å². The number of nitrogens with one attached hydrogen (secondary N) is 1. The zero-order chi connectivity index (χ0) is 14.5. The number of rotatable bonds is 4. The van der Waals surface area contributed by atoms with E-state index in [4.69, 9.17) is 16.3 Å². The predicted molar refractivity (Wildman–Crippen MR) is 77.3 cm³/mol. The molecule has 20 heavy (non-hydrogen) atoms. The van der Waals surface area contributed by atoms with E-state index in [1.807, 2.05) is 13.0 Å². The minimum Gasteiger partial charge on any atom is -0.493 e. The van der Waals surface area contributed by atoms with Gasteiger partial charge < -0.3 is 4.74 Å². The third kappa shape index (κ3) is 3.45. The summed E-state index contributed by atoms with van der Waals surface area (Å²) in [6.45, 7) is 4.12. The maximum atomic E-state index is 12.2. The Morgan fingerprint density at radius 3 is 2.80 bits per heavy atom. The number of nitrogens with zero attached hydrogens (tertiary/aromatic N) is 2. The van der Waals surface area contributed by atoms with E-state index in [1.165, 1.54) is 0 Å². The zero-order valence-electron chi connectivity index (χ0n) is 11.2. The quantitative estimate of drug-likeness (QED) is 0.879. The maximum Gasteiger partial charge on any atom is 0.261 e. The Morgan fingerprint density at radius 1 is 1.35 bits per heavy atom. The molecule has 1 heterocycles. The van der Waals surface area contributed by atoms with Crippen LogP contribution in [0.4, 0.5) is 5.95 Å². The summed E-state index contributed by atoms with van der Waals surface area (Å²) in [5, 5.41) is 2.90. The van der Waals surface area contributed by atoms with Gasteiger partial charge in [-0.3, -0.25) is 10.1 Å². The van der Waals surface area contributed by atoms with Crippen LogP contribution in [-0.2, 0) is 0 Å². The van der Waals surface area contributed by atoms with E-state index in [1.54, 1.807) is 31.2 Å². The van der Waals surface area contributed by atoms with Crippen LogP contribution in [0.25, 0.3) is 0 Å². The fraction of sp³-hybridized carbons (Fsp3) is 0.214. The molecule has 0 saturated carbocycles. The fourth-order valence-corrected chi connectivity index (χ4v) is 1.93. The molecule has 0 radical (unpaired) electrons. The van der Waals surface area contributed by atoms with Crippen molar-refractivity contribution in [1.82, 2.24) is 9.97 Å². The fourth-order valence-electron chi connectivity index (χ4n) is 1.69. The van der Waals surface area contributed by atoms with Crippen molar-refractivity contribution in [2.45, 2.75) is 13.8 Å². The Balaban J connectivity index is 2.23. The number of hydrogen-bond donors (Lipinski definition) is 1. The SMILES string of the molecule is CCOc1ccccc1C(=O)Nc1nc(C)cc(Cl)n1. The Morgan fingerprint density at radius 2 is 2.10 bits per heavy atom. The predicted octanol–water partition coefficient (Wildman–Crippen LogP) is 3.09. The molecule has 0 bridgehead atoms. The molecule has 1 N–H and O–H groups in total. The lowest BCUT2D eigenvalue weighted by molar-refractivity contribution is 0.102. The summed E-state index contributed by atoms with van der Waals surface area (Å²) < 4.78 is 5.42. The van der Waals surface area contributed by atoms with Gasteiger partial charge in [0.05, 0.1) is 12.2 Å².